The summed E-state index contributed by atoms with van der Waals surface area (Å²) in [6, 6.07) is 18.6. The summed E-state index contributed by atoms with van der Waals surface area (Å²) in [7, 11) is 0. The molecule has 4 aromatic rings. The van der Waals surface area contributed by atoms with Crippen molar-refractivity contribution in [1.29, 1.82) is 0 Å². The van der Waals surface area contributed by atoms with E-state index in [0.29, 0.717) is 29.6 Å². The second-order valence-electron chi connectivity index (χ2n) is 8.25. The Balaban J connectivity index is 1.62. The molecule has 1 aliphatic rings. The Kier molecular flexibility index (Phi) is 6.26. The number of nitrogens with one attached hydrogen (secondary N) is 2. The van der Waals surface area contributed by atoms with Crippen molar-refractivity contribution in [2.45, 2.75) is 25.8 Å². The van der Waals surface area contributed by atoms with Gasteiger partial charge in [-0.1, -0.05) is 30.8 Å². The van der Waals surface area contributed by atoms with Gasteiger partial charge in [-0.25, -0.2) is 9.97 Å². The fourth-order valence-electron chi connectivity index (χ4n) is 4.15. The van der Waals surface area contributed by atoms with Crippen LogP contribution in [0.4, 0.5) is 11.8 Å². The number of anilines is 2. The molecule has 1 aliphatic heterocycles. The first-order valence-electron chi connectivity index (χ1n) is 11.6. The van der Waals surface area contributed by atoms with Crippen molar-refractivity contribution < 1.29 is 14.3 Å². The summed E-state index contributed by atoms with van der Waals surface area (Å²) in [4.78, 5) is 34.6. The number of nitrogens with zero attached hydrogens (tertiary/aromatic N) is 3. The van der Waals surface area contributed by atoms with Crippen molar-refractivity contribution in [2.24, 2.45) is 0 Å². The molecule has 0 spiro atoms. The maximum Gasteiger partial charge on any atom is 0.258 e. The molecule has 0 atom stereocenters. The van der Waals surface area contributed by atoms with Crippen LogP contribution in [-0.4, -0.2) is 33.0 Å². The number of carbonyl (C=O) groups is 2. The molecule has 0 radical (unpaired) electrons. The summed E-state index contributed by atoms with van der Waals surface area (Å²) < 4.78 is 8.12. The minimum atomic E-state index is -0.418. The monoisotopic (exact) mass is 467 g/mol. The quantitative estimate of drug-likeness (QED) is 0.403. The van der Waals surface area contributed by atoms with Gasteiger partial charge in [0, 0.05) is 17.7 Å². The number of para-hydroxylation sites is 3. The summed E-state index contributed by atoms with van der Waals surface area (Å²) in [6.45, 7) is 4.77. The fourth-order valence-corrected chi connectivity index (χ4v) is 4.15. The van der Waals surface area contributed by atoms with E-state index in [9.17, 15) is 9.59 Å². The third-order valence-corrected chi connectivity index (χ3v) is 5.85. The number of aryl methyl sites for hydroxylation is 1. The Morgan fingerprint density at radius 3 is 2.77 bits per heavy atom. The van der Waals surface area contributed by atoms with Crippen LogP contribution >= 0.6 is 0 Å². The first-order chi connectivity index (χ1) is 17.1. The van der Waals surface area contributed by atoms with Gasteiger partial charge in [0.25, 0.3) is 5.91 Å². The molecule has 8 heteroatoms. The Morgan fingerprint density at radius 2 is 1.89 bits per heavy atom. The van der Waals surface area contributed by atoms with Crippen molar-refractivity contribution >= 4 is 34.6 Å². The zero-order valence-corrected chi connectivity index (χ0v) is 19.2. The number of hydrogen-bond donors (Lipinski definition) is 2. The van der Waals surface area contributed by atoms with Crippen molar-refractivity contribution in [1.82, 2.24) is 14.5 Å². The van der Waals surface area contributed by atoms with Crippen LogP contribution in [0.5, 0.6) is 5.75 Å². The lowest BCUT2D eigenvalue weighted by Crippen LogP contribution is -2.17. The Hall–Kier alpha value is -4.46. The maximum absolute atomic E-state index is 13.4. The number of fused-ring (bicyclic) bond motifs is 7. The SMILES string of the molecule is C=CC(=O)Nc1cc2cc(n1)-c1ccccc1OCCCCCn1c(nc3ccccc31)NC2=O. The standard InChI is InChI=1S/C27H25N5O3/c1-2-25(33)30-24-17-18-16-21(28-24)19-10-4-7-13-23(19)35-15-9-3-8-14-32-22-12-6-5-11-20(22)29-27(32)31-26(18)34/h2,4-7,10-13,16-17H,1,3,8-9,14-15H2,(H,28,30,33)(H,29,31,34). The normalized spacial score (nSPS) is 13.9. The zero-order chi connectivity index (χ0) is 24.2. The largest absolute Gasteiger partial charge is 0.493 e. The second kappa shape index (κ2) is 9.80. The summed E-state index contributed by atoms with van der Waals surface area (Å²) in [5.74, 6) is 0.626. The molecule has 0 fully saturated rings. The molecular formula is C27H25N5O3. The highest BCUT2D eigenvalue weighted by Gasteiger charge is 2.18. The van der Waals surface area contributed by atoms with Crippen LogP contribution in [-0.2, 0) is 11.3 Å². The lowest BCUT2D eigenvalue weighted by atomic mass is 10.1. The molecular weight excluding hydrogens is 442 g/mol. The fraction of sp³-hybridized carbons (Fsp3) is 0.185. The zero-order valence-electron chi connectivity index (χ0n) is 19.2. The molecule has 2 aromatic heterocycles. The van der Waals surface area contributed by atoms with Gasteiger partial charge in [0.15, 0.2) is 0 Å². The smallest absolute Gasteiger partial charge is 0.258 e. The van der Waals surface area contributed by atoms with E-state index in [1.54, 1.807) is 6.07 Å². The molecule has 0 aliphatic carbocycles. The molecule has 8 nitrogen and oxygen atoms in total. The van der Waals surface area contributed by atoms with Crippen molar-refractivity contribution in [3.05, 3.63) is 78.9 Å². The summed E-state index contributed by atoms with van der Waals surface area (Å²) in [6.07, 6.45) is 3.92. The van der Waals surface area contributed by atoms with Gasteiger partial charge in [-0.15, -0.1) is 0 Å². The predicted molar refractivity (Wildman–Crippen MR) is 136 cm³/mol. The van der Waals surface area contributed by atoms with Crippen LogP contribution in [0.3, 0.4) is 0 Å². The molecule has 2 amide bonds. The molecule has 2 bridgehead atoms. The Labute approximate surface area is 202 Å². The van der Waals surface area contributed by atoms with Crippen LogP contribution in [0.2, 0.25) is 0 Å². The highest BCUT2D eigenvalue weighted by atomic mass is 16.5. The van der Waals surface area contributed by atoms with Crippen LogP contribution in [0.25, 0.3) is 22.3 Å². The van der Waals surface area contributed by atoms with Gasteiger partial charge in [-0.2, -0.15) is 0 Å². The first-order valence-corrected chi connectivity index (χ1v) is 11.6. The average Bonchev–Trinajstić information content (AvgIpc) is 3.22. The van der Waals surface area contributed by atoms with Gasteiger partial charge in [0.05, 0.1) is 23.3 Å². The molecule has 5 rings (SSSR count). The lowest BCUT2D eigenvalue weighted by molar-refractivity contribution is -0.111. The molecule has 2 N–H and O–H groups in total. The number of benzene rings is 2. The third kappa shape index (κ3) is 4.77. The van der Waals surface area contributed by atoms with Crippen molar-refractivity contribution in [2.75, 3.05) is 17.2 Å². The van der Waals surface area contributed by atoms with Crippen LogP contribution in [0.1, 0.15) is 29.6 Å². The Bertz CT molecular complexity index is 1430. The summed E-state index contributed by atoms with van der Waals surface area (Å²) in [5, 5.41) is 5.64. The number of rotatable bonds is 2. The lowest BCUT2D eigenvalue weighted by Gasteiger charge is -2.13. The van der Waals surface area contributed by atoms with Crippen LogP contribution < -0.4 is 15.4 Å². The van der Waals surface area contributed by atoms with E-state index >= 15 is 0 Å². The predicted octanol–water partition coefficient (Wildman–Crippen LogP) is 5.04. The van der Waals surface area contributed by atoms with Gasteiger partial charge < -0.3 is 14.6 Å². The van der Waals surface area contributed by atoms with E-state index in [4.69, 9.17) is 4.74 Å². The number of aromatic nitrogens is 3. The minimum absolute atomic E-state index is 0.241. The number of imidazole rings is 1. The van der Waals surface area contributed by atoms with Gasteiger partial charge in [-0.05, 0) is 61.7 Å². The minimum Gasteiger partial charge on any atom is -0.493 e. The van der Waals surface area contributed by atoms with Crippen LogP contribution in [0, 0.1) is 0 Å². The van der Waals surface area contributed by atoms with E-state index < -0.39 is 5.91 Å². The van der Waals surface area contributed by atoms with Gasteiger partial charge >= 0.3 is 0 Å². The molecule has 3 heterocycles. The molecule has 0 saturated carbocycles. The van der Waals surface area contributed by atoms with E-state index in [1.165, 1.54) is 6.07 Å². The second-order valence-corrected chi connectivity index (χ2v) is 8.25. The topological polar surface area (TPSA) is 98.1 Å². The van der Waals surface area contributed by atoms with E-state index in [0.717, 1.165) is 48.5 Å². The number of carbonyl (C=O) groups excluding carboxylic acids is 2. The van der Waals surface area contributed by atoms with Crippen LogP contribution in [0.15, 0.2) is 73.3 Å². The number of amides is 2. The van der Waals surface area contributed by atoms with Crippen molar-refractivity contribution in [3.63, 3.8) is 0 Å². The van der Waals surface area contributed by atoms with Gasteiger partial charge in [0.1, 0.15) is 11.6 Å². The van der Waals surface area contributed by atoms with Gasteiger partial charge in [-0.3, -0.25) is 14.9 Å². The summed E-state index contributed by atoms with van der Waals surface area (Å²) >= 11 is 0. The third-order valence-electron chi connectivity index (χ3n) is 5.85. The number of ether oxygens (including phenoxy) is 1. The molecule has 35 heavy (non-hydrogen) atoms. The number of pyridine rings is 1. The highest BCUT2D eigenvalue weighted by Crippen LogP contribution is 2.31. The van der Waals surface area contributed by atoms with E-state index in [2.05, 4.69) is 27.2 Å². The van der Waals surface area contributed by atoms with E-state index in [1.807, 2.05) is 53.1 Å². The molecule has 2 aromatic carbocycles. The Morgan fingerprint density at radius 1 is 1.06 bits per heavy atom. The molecule has 176 valence electrons. The molecule has 0 saturated heterocycles. The first kappa shape index (κ1) is 22.3. The maximum atomic E-state index is 13.4. The summed E-state index contributed by atoms with van der Waals surface area (Å²) in [5.41, 5.74) is 3.35. The van der Waals surface area contributed by atoms with Gasteiger partial charge in [0.2, 0.25) is 11.9 Å². The average molecular weight is 468 g/mol. The highest BCUT2D eigenvalue weighted by molar-refractivity contribution is 6.06. The van der Waals surface area contributed by atoms with E-state index in [-0.39, 0.29) is 11.7 Å². The van der Waals surface area contributed by atoms with Crippen molar-refractivity contribution in [3.8, 4) is 17.0 Å². The number of hydrogen-bond acceptors (Lipinski definition) is 5. The molecule has 0 unspecified atom stereocenters.